The van der Waals surface area contributed by atoms with Gasteiger partial charge in [0.05, 0.1) is 23.4 Å². The van der Waals surface area contributed by atoms with Crippen LogP contribution in [0.3, 0.4) is 0 Å². The topological polar surface area (TPSA) is 74.8 Å². The van der Waals surface area contributed by atoms with Crippen LogP contribution in [0.5, 0.6) is 0 Å². The Morgan fingerprint density at radius 1 is 1.06 bits per heavy atom. The quantitative estimate of drug-likeness (QED) is 0.438. The summed E-state index contributed by atoms with van der Waals surface area (Å²) in [5.41, 5.74) is 2.70. The van der Waals surface area contributed by atoms with E-state index in [1.54, 1.807) is 41.3 Å². The fourth-order valence-electron chi connectivity index (χ4n) is 3.32. The van der Waals surface area contributed by atoms with Crippen molar-refractivity contribution in [2.24, 2.45) is 0 Å². The Labute approximate surface area is 187 Å². The summed E-state index contributed by atoms with van der Waals surface area (Å²) >= 11 is 1.41. The first kappa shape index (κ1) is 20.3. The highest BCUT2D eigenvalue weighted by Gasteiger charge is 2.35. The molecule has 0 bridgehead atoms. The summed E-state index contributed by atoms with van der Waals surface area (Å²) < 4.78 is 19.4. The number of rotatable bonds is 6. The average molecular weight is 447 g/mol. The molecule has 4 aromatic rings. The first-order valence-corrected chi connectivity index (χ1v) is 10.8. The van der Waals surface area contributed by atoms with E-state index in [2.05, 4.69) is 10.3 Å². The van der Waals surface area contributed by atoms with Gasteiger partial charge in [0.25, 0.3) is 11.8 Å². The van der Waals surface area contributed by atoms with Crippen LogP contribution in [0.15, 0.2) is 72.8 Å². The summed E-state index contributed by atoms with van der Waals surface area (Å²) in [5.74, 6) is -0.779. The zero-order valence-electron chi connectivity index (χ0n) is 16.8. The molecule has 1 saturated heterocycles. The molecule has 1 aliphatic heterocycles. The number of halogens is 1. The van der Waals surface area contributed by atoms with E-state index in [0.29, 0.717) is 23.0 Å². The molecule has 0 spiro atoms. The number of carbonyl (C=O) groups excluding carboxylic acids is 2. The van der Waals surface area contributed by atoms with Gasteiger partial charge in [-0.3, -0.25) is 14.9 Å². The molecule has 0 unspecified atom stereocenters. The molecule has 1 atom stereocenters. The summed E-state index contributed by atoms with van der Waals surface area (Å²) in [6, 6.07) is 20.4. The van der Waals surface area contributed by atoms with E-state index in [-0.39, 0.29) is 24.2 Å². The van der Waals surface area contributed by atoms with Gasteiger partial charge in [-0.25, -0.2) is 9.37 Å². The monoisotopic (exact) mass is 447 g/mol. The normalized spacial score (nSPS) is 14.8. The molecule has 1 fully saturated rings. The fraction of sp³-hybridized carbons (Fsp3) is 0.125. The van der Waals surface area contributed by atoms with Gasteiger partial charge in [0, 0.05) is 11.3 Å². The SMILES string of the molecule is O=C(Nc1nc2ccccc2s1)c1ccc(N(Cc2ccc(F)cc2)C(=O)[C@@H]2CO2)cc1. The number of nitrogens with zero attached hydrogens (tertiary/aromatic N) is 2. The Bertz CT molecular complexity index is 1250. The third kappa shape index (κ3) is 4.37. The van der Waals surface area contributed by atoms with E-state index in [1.807, 2.05) is 24.3 Å². The van der Waals surface area contributed by atoms with Crippen molar-refractivity contribution >= 4 is 44.2 Å². The number of hydrogen-bond acceptors (Lipinski definition) is 5. The number of nitrogens with one attached hydrogen (secondary N) is 1. The summed E-state index contributed by atoms with van der Waals surface area (Å²) in [6.07, 6.45) is -0.461. The van der Waals surface area contributed by atoms with E-state index < -0.39 is 6.10 Å². The predicted molar refractivity (Wildman–Crippen MR) is 121 cm³/mol. The van der Waals surface area contributed by atoms with Gasteiger partial charge in [0.15, 0.2) is 11.2 Å². The van der Waals surface area contributed by atoms with Crippen LogP contribution < -0.4 is 10.2 Å². The molecule has 6 nitrogen and oxygen atoms in total. The fourth-order valence-corrected chi connectivity index (χ4v) is 4.18. The number of amides is 2. The molecule has 0 aliphatic carbocycles. The third-order valence-electron chi connectivity index (χ3n) is 5.08. The molecule has 1 aromatic heterocycles. The van der Waals surface area contributed by atoms with E-state index >= 15 is 0 Å². The highest BCUT2D eigenvalue weighted by molar-refractivity contribution is 7.22. The van der Waals surface area contributed by atoms with Crippen molar-refractivity contribution < 1.29 is 18.7 Å². The number of carbonyl (C=O) groups is 2. The minimum absolute atomic E-state index is 0.166. The maximum absolute atomic E-state index is 13.2. The Morgan fingerprint density at radius 2 is 1.78 bits per heavy atom. The zero-order valence-corrected chi connectivity index (χ0v) is 17.6. The number of para-hydroxylation sites is 1. The molecule has 2 amide bonds. The van der Waals surface area contributed by atoms with E-state index in [9.17, 15) is 14.0 Å². The lowest BCUT2D eigenvalue weighted by Gasteiger charge is -2.22. The van der Waals surface area contributed by atoms with Gasteiger partial charge in [-0.1, -0.05) is 35.6 Å². The third-order valence-corrected chi connectivity index (χ3v) is 6.04. The van der Waals surface area contributed by atoms with Crippen LogP contribution in [0.4, 0.5) is 15.2 Å². The van der Waals surface area contributed by atoms with Gasteiger partial charge in [0.1, 0.15) is 5.82 Å². The summed E-state index contributed by atoms with van der Waals surface area (Å²) in [7, 11) is 0. The van der Waals surface area contributed by atoms with Gasteiger partial charge in [0.2, 0.25) is 0 Å². The number of aromatic nitrogens is 1. The highest BCUT2D eigenvalue weighted by Crippen LogP contribution is 2.27. The summed E-state index contributed by atoms with van der Waals surface area (Å²) in [4.78, 5) is 31.4. The minimum atomic E-state index is -0.461. The lowest BCUT2D eigenvalue weighted by atomic mass is 10.1. The number of epoxide rings is 1. The van der Waals surface area contributed by atoms with Crippen LogP contribution >= 0.6 is 11.3 Å². The predicted octanol–water partition coefficient (Wildman–Crippen LogP) is 4.62. The van der Waals surface area contributed by atoms with E-state index in [0.717, 1.165) is 15.8 Å². The van der Waals surface area contributed by atoms with Crippen molar-refractivity contribution in [1.29, 1.82) is 0 Å². The highest BCUT2D eigenvalue weighted by atomic mass is 32.1. The number of thiazole rings is 1. The number of anilines is 2. The first-order valence-electron chi connectivity index (χ1n) is 10.0. The van der Waals surface area contributed by atoms with Crippen LogP contribution in [0.2, 0.25) is 0 Å². The number of hydrogen-bond donors (Lipinski definition) is 1. The standard InChI is InChI=1S/C24H18FN3O3S/c25-17-9-5-15(6-10-17)13-28(23(30)20-14-31-20)18-11-7-16(8-12-18)22(29)27-24-26-19-3-1-2-4-21(19)32-24/h1-12,20H,13-14H2,(H,26,27,29)/t20-/m0/s1. The van der Waals surface area contributed by atoms with Crippen molar-refractivity contribution in [2.45, 2.75) is 12.6 Å². The van der Waals surface area contributed by atoms with Gasteiger partial charge < -0.3 is 9.64 Å². The molecule has 3 aromatic carbocycles. The lowest BCUT2D eigenvalue weighted by molar-refractivity contribution is -0.119. The minimum Gasteiger partial charge on any atom is -0.363 e. The van der Waals surface area contributed by atoms with E-state index in [1.165, 1.54) is 23.5 Å². The van der Waals surface area contributed by atoms with Crippen LogP contribution in [0, 0.1) is 5.82 Å². The van der Waals surface area contributed by atoms with Crippen molar-refractivity contribution in [1.82, 2.24) is 4.98 Å². The van der Waals surface area contributed by atoms with Crippen molar-refractivity contribution in [3.63, 3.8) is 0 Å². The molecule has 8 heteroatoms. The van der Waals surface area contributed by atoms with Crippen molar-refractivity contribution in [3.8, 4) is 0 Å². The van der Waals surface area contributed by atoms with Gasteiger partial charge in [-0.05, 0) is 54.1 Å². The Hall–Kier alpha value is -3.62. The number of ether oxygens (including phenoxy) is 1. The largest absolute Gasteiger partial charge is 0.363 e. The molecular weight excluding hydrogens is 429 g/mol. The number of fused-ring (bicyclic) bond motifs is 1. The molecule has 160 valence electrons. The first-order chi connectivity index (χ1) is 15.6. The Kier molecular flexibility index (Phi) is 5.38. The molecule has 1 N–H and O–H groups in total. The van der Waals surface area contributed by atoms with Gasteiger partial charge in [-0.15, -0.1) is 0 Å². The molecule has 5 rings (SSSR count). The maximum atomic E-state index is 13.2. The molecule has 0 saturated carbocycles. The van der Waals surface area contributed by atoms with Gasteiger partial charge >= 0.3 is 0 Å². The van der Waals surface area contributed by atoms with Crippen molar-refractivity contribution in [2.75, 3.05) is 16.8 Å². The smallest absolute Gasteiger partial charge is 0.258 e. The summed E-state index contributed by atoms with van der Waals surface area (Å²) in [6.45, 7) is 0.664. The maximum Gasteiger partial charge on any atom is 0.258 e. The zero-order chi connectivity index (χ0) is 22.1. The van der Waals surface area contributed by atoms with Crippen molar-refractivity contribution in [3.05, 3.63) is 89.7 Å². The Morgan fingerprint density at radius 3 is 2.47 bits per heavy atom. The molecule has 2 heterocycles. The second-order valence-corrected chi connectivity index (χ2v) is 8.39. The van der Waals surface area contributed by atoms with Crippen LogP contribution in [0.1, 0.15) is 15.9 Å². The number of benzene rings is 3. The van der Waals surface area contributed by atoms with E-state index in [4.69, 9.17) is 4.74 Å². The molecule has 0 radical (unpaired) electrons. The van der Waals surface area contributed by atoms with Crippen LogP contribution in [-0.4, -0.2) is 29.5 Å². The lowest BCUT2D eigenvalue weighted by Crippen LogP contribution is -2.34. The summed E-state index contributed by atoms with van der Waals surface area (Å²) in [5, 5.41) is 3.35. The molecule has 32 heavy (non-hydrogen) atoms. The second kappa shape index (κ2) is 8.49. The molecule has 1 aliphatic rings. The second-order valence-electron chi connectivity index (χ2n) is 7.36. The molecular formula is C24H18FN3O3S. The van der Waals surface area contributed by atoms with Gasteiger partial charge in [-0.2, -0.15) is 0 Å². The Balaban J connectivity index is 1.34. The van der Waals surface area contributed by atoms with Crippen LogP contribution in [0.25, 0.3) is 10.2 Å². The average Bonchev–Trinajstić information content (AvgIpc) is 3.58. The van der Waals surface area contributed by atoms with Crippen LogP contribution in [-0.2, 0) is 16.1 Å².